The van der Waals surface area contributed by atoms with Crippen LogP contribution in [-0.2, 0) is 0 Å². The maximum Gasteiger partial charge on any atom is 0.283 e. The lowest BCUT2D eigenvalue weighted by molar-refractivity contribution is 0.0675. The van der Waals surface area contributed by atoms with Crippen molar-refractivity contribution in [3.05, 3.63) is 29.3 Å². The summed E-state index contributed by atoms with van der Waals surface area (Å²) in [6.45, 7) is 1.74. The number of benzene rings is 1. The Balaban J connectivity index is 1.86. The first-order valence-corrected chi connectivity index (χ1v) is 9.51. The zero-order chi connectivity index (χ0) is 15.5. The third kappa shape index (κ3) is 3.45. The first kappa shape index (κ1) is 15.8. The van der Waals surface area contributed by atoms with E-state index in [9.17, 15) is 4.79 Å². The van der Waals surface area contributed by atoms with Crippen LogP contribution in [0.2, 0.25) is 0 Å². The molecule has 0 aliphatic carbocycles. The van der Waals surface area contributed by atoms with Gasteiger partial charge in [-0.25, -0.2) is 4.98 Å². The van der Waals surface area contributed by atoms with E-state index in [2.05, 4.69) is 24.0 Å². The van der Waals surface area contributed by atoms with E-state index in [0.29, 0.717) is 5.01 Å². The topological polar surface area (TPSA) is 36.4 Å². The fraction of sp³-hybridized carbons (Fsp3) is 0.500. The summed E-state index contributed by atoms with van der Waals surface area (Å²) in [5.74, 6) is 2.23. The zero-order valence-electron chi connectivity index (χ0n) is 13.0. The van der Waals surface area contributed by atoms with E-state index in [1.165, 1.54) is 11.3 Å². The number of carbonyl (C=O) groups is 1. The highest BCUT2D eigenvalue weighted by Crippen LogP contribution is 2.25. The number of likely N-dealkylation sites (N-methyl/N-ethyl adjacent to an activating group) is 1. The first-order chi connectivity index (χ1) is 10.6. The summed E-state index contributed by atoms with van der Waals surface area (Å²) in [7, 11) is 4.13. The summed E-state index contributed by atoms with van der Waals surface area (Å²) in [4.78, 5) is 21.7. The fourth-order valence-corrected chi connectivity index (χ4v) is 4.73. The van der Waals surface area contributed by atoms with Crippen molar-refractivity contribution in [2.45, 2.75) is 12.5 Å². The standard InChI is InChI=1S/C16H21N3OS2/c1-18(2)10-12-11-21-9-5-8-19(12)16(20)15-17-13-6-3-4-7-14(13)22-15/h3-4,6-7,12H,5,8-11H2,1-2H3. The van der Waals surface area contributed by atoms with Crippen molar-refractivity contribution in [1.82, 2.24) is 14.8 Å². The molecule has 0 radical (unpaired) electrons. The van der Waals surface area contributed by atoms with E-state index < -0.39 is 0 Å². The van der Waals surface area contributed by atoms with Gasteiger partial charge in [0.15, 0.2) is 5.01 Å². The molecule has 0 bridgehead atoms. The number of para-hydroxylation sites is 1. The second-order valence-corrected chi connectivity index (χ2v) is 8.01. The molecule has 1 unspecified atom stereocenters. The van der Waals surface area contributed by atoms with Crippen molar-refractivity contribution in [3.8, 4) is 0 Å². The molecular formula is C16H21N3OS2. The van der Waals surface area contributed by atoms with Gasteiger partial charge in [-0.2, -0.15) is 11.8 Å². The molecule has 1 saturated heterocycles. The second kappa shape index (κ2) is 6.98. The fourth-order valence-electron chi connectivity index (χ4n) is 2.76. The summed E-state index contributed by atoms with van der Waals surface area (Å²) >= 11 is 3.45. The van der Waals surface area contributed by atoms with Crippen LogP contribution in [0, 0.1) is 0 Å². The lowest BCUT2D eigenvalue weighted by Gasteiger charge is -2.31. The van der Waals surface area contributed by atoms with Crippen LogP contribution in [0.1, 0.15) is 16.2 Å². The first-order valence-electron chi connectivity index (χ1n) is 7.54. The van der Waals surface area contributed by atoms with E-state index >= 15 is 0 Å². The normalized spacial score (nSPS) is 19.6. The molecule has 6 heteroatoms. The third-order valence-electron chi connectivity index (χ3n) is 3.75. The Kier molecular flexibility index (Phi) is 5.00. The van der Waals surface area contributed by atoms with Crippen LogP contribution < -0.4 is 0 Å². The summed E-state index contributed by atoms with van der Waals surface area (Å²) in [5.41, 5.74) is 0.921. The number of carbonyl (C=O) groups excluding carboxylic acids is 1. The molecule has 1 aromatic carbocycles. The number of aromatic nitrogens is 1. The Morgan fingerprint density at radius 2 is 2.23 bits per heavy atom. The highest BCUT2D eigenvalue weighted by atomic mass is 32.2. The van der Waals surface area contributed by atoms with Crippen molar-refractivity contribution < 1.29 is 4.79 Å². The maximum atomic E-state index is 13.0. The van der Waals surface area contributed by atoms with E-state index in [-0.39, 0.29) is 11.9 Å². The molecule has 1 atom stereocenters. The summed E-state index contributed by atoms with van der Waals surface area (Å²) in [6.07, 6.45) is 1.06. The molecule has 2 aromatic rings. The SMILES string of the molecule is CN(C)CC1CSCCCN1C(=O)c1nc2ccccc2s1. The Labute approximate surface area is 139 Å². The second-order valence-electron chi connectivity index (χ2n) is 5.83. The molecule has 1 amide bonds. The van der Waals surface area contributed by atoms with Crippen molar-refractivity contribution in [2.75, 3.05) is 38.7 Å². The molecule has 2 heterocycles. The number of thioether (sulfide) groups is 1. The summed E-state index contributed by atoms with van der Waals surface area (Å²) in [5, 5.41) is 0.622. The van der Waals surface area contributed by atoms with Crippen LogP contribution in [0.4, 0.5) is 0 Å². The Morgan fingerprint density at radius 3 is 3.00 bits per heavy atom. The minimum absolute atomic E-state index is 0.0931. The molecule has 4 nitrogen and oxygen atoms in total. The third-order valence-corrected chi connectivity index (χ3v) is 5.97. The van der Waals surface area contributed by atoms with Gasteiger partial charge in [0.05, 0.1) is 16.3 Å². The smallest absolute Gasteiger partial charge is 0.283 e. The lowest BCUT2D eigenvalue weighted by atomic mass is 10.2. The average molecular weight is 335 g/mol. The molecule has 22 heavy (non-hydrogen) atoms. The maximum absolute atomic E-state index is 13.0. The van der Waals surface area contributed by atoms with Crippen molar-refractivity contribution in [1.29, 1.82) is 0 Å². The van der Waals surface area contributed by atoms with Crippen LogP contribution in [0.3, 0.4) is 0 Å². The molecule has 3 rings (SSSR count). The number of hydrogen-bond acceptors (Lipinski definition) is 5. The molecule has 1 aliphatic rings. The number of nitrogens with zero attached hydrogens (tertiary/aromatic N) is 3. The molecule has 0 spiro atoms. The predicted octanol–water partition coefficient (Wildman–Crippen LogP) is 2.81. The highest BCUT2D eigenvalue weighted by Gasteiger charge is 2.28. The molecule has 1 aliphatic heterocycles. The van der Waals surface area contributed by atoms with Gasteiger partial charge in [0.1, 0.15) is 0 Å². The van der Waals surface area contributed by atoms with Gasteiger partial charge in [-0.1, -0.05) is 12.1 Å². The quantitative estimate of drug-likeness (QED) is 0.864. The van der Waals surface area contributed by atoms with Crippen LogP contribution >= 0.6 is 23.1 Å². The van der Waals surface area contributed by atoms with Gasteiger partial charge in [0, 0.05) is 18.8 Å². The molecule has 1 aromatic heterocycles. The van der Waals surface area contributed by atoms with Gasteiger partial charge in [0.25, 0.3) is 5.91 Å². The van der Waals surface area contributed by atoms with E-state index in [1.807, 2.05) is 40.9 Å². The average Bonchev–Trinajstić information content (AvgIpc) is 2.80. The van der Waals surface area contributed by atoms with Crippen LogP contribution in [-0.4, -0.2) is 65.4 Å². The lowest BCUT2D eigenvalue weighted by Crippen LogP contribution is -2.46. The number of hydrogen-bond donors (Lipinski definition) is 0. The summed E-state index contributed by atoms with van der Waals surface area (Å²) in [6, 6.07) is 8.22. The number of thiazole rings is 1. The van der Waals surface area contributed by atoms with E-state index in [1.54, 1.807) is 0 Å². The van der Waals surface area contributed by atoms with E-state index in [0.717, 1.165) is 41.2 Å². The van der Waals surface area contributed by atoms with Crippen LogP contribution in [0.15, 0.2) is 24.3 Å². The monoisotopic (exact) mass is 335 g/mol. The molecule has 0 N–H and O–H groups in total. The van der Waals surface area contributed by atoms with Crippen molar-refractivity contribution >= 4 is 39.2 Å². The molecule has 1 fully saturated rings. The highest BCUT2D eigenvalue weighted by molar-refractivity contribution is 7.99. The van der Waals surface area contributed by atoms with Crippen molar-refractivity contribution in [2.24, 2.45) is 0 Å². The zero-order valence-corrected chi connectivity index (χ0v) is 14.6. The van der Waals surface area contributed by atoms with Gasteiger partial charge in [0.2, 0.25) is 0 Å². The van der Waals surface area contributed by atoms with Gasteiger partial charge in [-0.3, -0.25) is 4.79 Å². The Morgan fingerprint density at radius 1 is 1.41 bits per heavy atom. The minimum atomic E-state index is 0.0931. The van der Waals surface area contributed by atoms with Gasteiger partial charge in [-0.05, 0) is 38.4 Å². The number of amides is 1. The molecule has 118 valence electrons. The Hall–Kier alpha value is -1.11. The van der Waals surface area contributed by atoms with Gasteiger partial charge in [-0.15, -0.1) is 11.3 Å². The summed E-state index contributed by atoms with van der Waals surface area (Å²) < 4.78 is 1.08. The number of rotatable bonds is 3. The van der Waals surface area contributed by atoms with E-state index in [4.69, 9.17) is 0 Å². The Bertz CT molecular complexity index is 623. The van der Waals surface area contributed by atoms with Gasteiger partial charge >= 0.3 is 0 Å². The predicted molar refractivity (Wildman–Crippen MR) is 94.9 cm³/mol. The van der Waals surface area contributed by atoms with Gasteiger partial charge < -0.3 is 9.80 Å². The molecule has 0 saturated carbocycles. The van der Waals surface area contributed by atoms with Crippen molar-refractivity contribution in [3.63, 3.8) is 0 Å². The van der Waals surface area contributed by atoms with Crippen LogP contribution in [0.25, 0.3) is 10.2 Å². The molecular weight excluding hydrogens is 314 g/mol. The largest absolute Gasteiger partial charge is 0.331 e. The minimum Gasteiger partial charge on any atom is -0.331 e. The number of fused-ring (bicyclic) bond motifs is 1. The van der Waals surface area contributed by atoms with Crippen LogP contribution in [0.5, 0.6) is 0 Å².